The summed E-state index contributed by atoms with van der Waals surface area (Å²) in [6, 6.07) is 6.72. The van der Waals surface area contributed by atoms with Gasteiger partial charge >= 0.3 is 0 Å². The number of hydrogen-bond donors (Lipinski definition) is 1. The Balaban J connectivity index is 2.13. The Morgan fingerprint density at radius 3 is 2.94 bits per heavy atom. The molecule has 1 aliphatic rings. The van der Waals surface area contributed by atoms with Gasteiger partial charge < -0.3 is 15.1 Å². The molecule has 0 saturated carbocycles. The normalized spacial score (nSPS) is 21.6. The third-order valence-corrected chi connectivity index (χ3v) is 3.22. The van der Waals surface area contributed by atoms with Crippen molar-refractivity contribution in [1.82, 2.24) is 9.88 Å². The monoisotopic (exact) mass is 234 g/mol. The van der Waals surface area contributed by atoms with Crippen LogP contribution in [-0.2, 0) is 0 Å². The molecule has 1 N–H and O–H groups in total. The smallest absolute Gasteiger partial charge is 0.131 e. The molecule has 1 unspecified atom stereocenters. The van der Waals surface area contributed by atoms with Crippen molar-refractivity contribution in [2.45, 2.75) is 19.9 Å². The molecular weight excluding hydrogens is 212 g/mol. The Bertz CT molecular complexity index is 366. The molecule has 1 aromatic heterocycles. The Morgan fingerprint density at radius 1 is 1.41 bits per heavy atom. The van der Waals surface area contributed by atoms with Gasteiger partial charge in [-0.2, -0.15) is 0 Å². The number of pyridine rings is 1. The summed E-state index contributed by atoms with van der Waals surface area (Å²) in [4.78, 5) is 9.42. The van der Waals surface area contributed by atoms with Gasteiger partial charge in [0.2, 0.25) is 0 Å². The summed E-state index contributed by atoms with van der Waals surface area (Å²) < 4.78 is 0. The average molecular weight is 234 g/mol. The van der Waals surface area contributed by atoms with Crippen molar-refractivity contribution in [1.29, 1.82) is 0 Å². The Hall–Kier alpha value is -1.29. The van der Waals surface area contributed by atoms with Gasteiger partial charge in [-0.25, -0.2) is 4.98 Å². The first-order valence-electron chi connectivity index (χ1n) is 6.37. The fourth-order valence-corrected chi connectivity index (χ4v) is 2.34. The third-order valence-electron chi connectivity index (χ3n) is 3.22. The quantitative estimate of drug-likeness (QED) is 0.862. The summed E-state index contributed by atoms with van der Waals surface area (Å²) in [6.45, 7) is 8.53. The molecule has 94 valence electrons. The summed E-state index contributed by atoms with van der Waals surface area (Å²) in [7, 11) is 2.18. The molecular formula is C13H22N4. The molecule has 1 aromatic rings. The van der Waals surface area contributed by atoms with Crippen molar-refractivity contribution in [2.75, 3.05) is 43.4 Å². The van der Waals surface area contributed by atoms with Crippen LogP contribution in [0.5, 0.6) is 0 Å². The summed E-state index contributed by atoms with van der Waals surface area (Å²) in [5, 5.41) is 3.26. The van der Waals surface area contributed by atoms with E-state index in [0.717, 1.165) is 37.8 Å². The van der Waals surface area contributed by atoms with Crippen LogP contribution >= 0.6 is 0 Å². The Kier molecular flexibility index (Phi) is 3.84. The van der Waals surface area contributed by atoms with Crippen LogP contribution in [0.15, 0.2) is 18.2 Å². The molecule has 0 amide bonds. The van der Waals surface area contributed by atoms with Gasteiger partial charge in [-0.3, -0.25) is 0 Å². The zero-order valence-electron chi connectivity index (χ0n) is 11.0. The van der Waals surface area contributed by atoms with E-state index in [2.05, 4.69) is 53.1 Å². The van der Waals surface area contributed by atoms with Crippen LogP contribution in [0, 0.1) is 0 Å². The number of rotatable bonds is 3. The van der Waals surface area contributed by atoms with Crippen LogP contribution in [0.25, 0.3) is 0 Å². The van der Waals surface area contributed by atoms with E-state index in [1.165, 1.54) is 0 Å². The minimum absolute atomic E-state index is 0.526. The molecule has 0 spiro atoms. The lowest BCUT2D eigenvalue weighted by Crippen LogP contribution is -2.50. The second kappa shape index (κ2) is 5.36. The number of aromatic nitrogens is 1. The van der Waals surface area contributed by atoms with E-state index >= 15 is 0 Å². The minimum atomic E-state index is 0.526. The molecule has 0 bridgehead atoms. The van der Waals surface area contributed by atoms with Crippen molar-refractivity contribution in [3.8, 4) is 0 Å². The zero-order valence-corrected chi connectivity index (χ0v) is 11.0. The second-order valence-corrected chi connectivity index (χ2v) is 4.72. The number of nitrogens with zero attached hydrogens (tertiary/aromatic N) is 3. The summed E-state index contributed by atoms with van der Waals surface area (Å²) in [5.41, 5.74) is 0. The van der Waals surface area contributed by atoms with E-state index in [0.29, 0.717) is 6.04 Å². The van der Waals surface area contributed by atoms with Gasteiger partial charge in [0.15, 0.2) is 0 Å². The highest BCUT2D eigenvalue weighted by atomic mass is 15.3. The maximum atomic E-state index is 4.66. The third kappa shape index (κ3) is 2.88. The van der Waals surface area contributed by atoms with Gasteiger partial charge in [-0.05, 0) is 33.0 Å². The lowest BCUT2D eigenvalue weighted by atomic mass is 10.2. The Morgan fingerprint density at radius 2 is 2.24 bits per heavy atom. The van der Waals surface area contributed by atoms with E-state index < -0.39 is 0 Å². The fraction of sp³-hybridized carbons (Fsp3) is 0.615. The number of likely N-dealkylation sites (N-methyl/N-ethyl adjacent to an activating group) is 1. The molecule has 0 aromatic carbocycles. The standard InChI is InChI=1S/C13H22N4/c1-4-14-12-6-5-7-13(15-12)17-9-8-16(3)10-11(17)2/h5-7,11H,4,8-10H2,1-3H3,(H,14,15). The maximum Gasteiger partial charge on any atom is 0.131 e. The predicted octanol–water partition coefficient (Wildman–Crippen LogP) is 1.65. The number of anilines is 2. The SMILES string of the molecule is CCNc1cccc(N2CCN(C)CC2C)n1. The van der Waals surface area contributed by atoms with Crippen LogP contribution in [0.1, 0.15) is 13.8 Å². The van der Waals surface area contributed by atoms with Crippen LogP contribution in [-0.4, -0.2) is 49.2 Å². The number of piperazine rings is 1. The van der Waals surface area contributed by atoms with Crippen molar-refractivity contribution >= 4 is 11.6 Å². The van der Waals surface area contributed by atoms with Crippen LogP contribution < -0.4 is 10.2 Å². The first kappa shape index (κ1) is 12.2. The van der Waals surface area contributed by atoms with Crippen molar-refractivity contribution in [3.05, 3.63) is 18.2 Å². The van der Waals surface area contributed by atoms with Crippen molar-refractivity contribution in [2.24, 2.45) is 0 Å². The van der Waals surface area contributed by atoms with Gasteiger partial charge in [0, 0.05) is 32.2 Å². The minimum Gasteiger partial charge on any atom is -0.370 e. The largest absolute Gasteiger partial charge is 0.370 e. The summed E-state index contributed by atoms with van der Waals surface area (Å²) in [5.74, 6) is 2.06. The molecule has 17 heavy (non-hydrogen) atoms. The average Bonchev–Trinajstić information content (AvgIpc) is 2.29. The first-order chi connectivity index (χ1) is 8.20. The topological polar surface area (TPSA) is 31.4 Å². The second-order valence-electron chi connectivity index (χ2n) is 4.72. The predicted molar refractivity (Wildman–Crippen MR) is 72.7 cm³/mol. The number of hydrogen-bond acceptors (Lipinski definition) is 4. The molecule has 4 nitrogen and oxygen atoms in total. The molecule has 1 atom stereocenters. The van der Waals surface area contributed by atoms with Crippen molar-refractivity contribution in [3.63, 3.8) is 0 Å². The summed E-state index contributed by atoms with van der Waals surface area (Å²) >= 11 is 0. The molecule has 1 aliphatic heterocycles. The lowest BCUT2D eigenvalue weighted by molar-refractivity contribution is 0.274. The molecule has 2 rings (SSSR count). The molecule has 2 heterocycles. The van der Waals surface area contributed by atoms with Crippen LogP contribution in [0.2, 0.25) is 0 Å². The molecule has 0 aliphatic carbocycles. The Labute approximate surface area is 104 Å². The van der Waals surface area contributed by atoms with Gasteiger partial charge in [-0.1, -0.05) is 6.07 Å². The van der Waals surface area contributed by atoms with E-state index in [1.807, 2.05) is 6.07 Å². The van der Waals surface area contributed by atoms with E-state index in [-0.39, 0.29) is 0 Å². The van der Waals surface area contributed by atoms with Crippen molar-refractivity contribution < 1.29 is 0 Å². The highest BCUT2D eigenvalue weighted by Crippen LogP contribution is 2.19. The maximum absolute atomic E-state index is 4.66. The van der Waals surface area contributed by atoms with Gasteiger partial charge in [-0.15, -0.1) is 0 Å². The fourth-order valence-electron chi connectivity index (χ4n) is 2.34. The molecule has 1 fully saturated rings. The van der Waals surface area contributed by atoms with E-state index in [4.69, 9.17) is 0 Å². The van der Waals surface area contributed by atoms with Gasteiger partial charge in [0.25, 0.3) is 0 Å². The highest BCUT2D eigenvalue weighted by molar-refractivity contribution is 5.48. The van der Waals surface area contributed by atoms with Crippen LogP contribution in [0.4, 0.5) is 11.6 Å². The first-order valence-corrected chi connectivity index (χ1v) is 6.37. The van der Waals surface area contributed by atoms with Gasteiger partial charge in [0.05, 0.1) is 0 Å². The van der Waals surface area contributed by atoms with Gasteiger partial charge in [0.1, 0.15) is 11.6 Å². The highest BCUT2D eigenvalue weighted by Gasteiger charge is 2.22. The lowest BCUT2D eigenvalue weighted by Gasteiger charge is -2.39. The zero-order chi connectivity index (χ0) is 12.3. The van der Waals surface area contributed by atoms with E-state index in [9.17, 15) is 0 Å². The number of nitrogens with one attached hydrogen (secondary N) is 1. The molecule has 4 heteroatoms. The molecule has 0 radical (unpaired) electrons. The molecule has 1 saturated heterocycles. The van der Waals surface area contributed by atoms with Crippen LogP contribution in [0.3, 0.4) is 0 Å². The summed E-state index contributed by atoms with van der Waals surface area (Å²) in [6.07, 6.45) is 0. The van der Waals surface area contributed by atoms with E-state index in [1.54, 1.807) is 0 Å².